The summed E-state index contributed by atoms with van der Waals surface area (Å²) >= 11 is 0. The molecular formula is C69H56N6. The third-order valence-corrected chi connectivity index (χ3v) is 16.1. The summed E-state index contributed by atoms with van der Waals surface area (Å²) in [7, 11) is 0. The highest BCUT2D eigenvalue weighted by Crippen LogP contribution is 2.54. The van der Waals surface area contributed by atoms with Crippen LogP contribution in [0.3, 0.4) is 0 Å². The van der Waals surface area contributed by atoms with E-state index in [1.807, 2.05) is 85.7 Å². The smallest absolute Gasteiger partial charge is 0.137 e. The lowest BCUT2D eigenvalue weighted by Gasteiger charge is -2.27. The van der Waals surface area contributed by atoms with Gasteiger partial charge in [0, 0.05) is 64.8 Å². The van der Waals surface area contributed by atoms with Crippen LogP contribution in [0.5, 0.6) is 0 Å². The maximum absolute atomic E-state index is 4.74. The summed E-state index contributed by atoms with van der Waals surface area (Å²) in [5, 5.41) is 0. The zero-order valence-electron chi connectivity index (χ0n) is 43.1. The summed E-state index contributed by atoms with van der Waals surface area (Å²) < 4.78 is 0. The van der Waals surface area contributed by atoms with Gasteiger partial charge in [-0.2, -0.15) is 0 Å². The number of benzene rings is 6. The van der Waals surface area contributed by atoms with Gasteiger partial charge in [-0.25, -0.2) is 9.97 Å². The van der Waals surface area contributed by atoms with Gasteiger partial charge in [0.2, 0.25) is 0 Å². The fraction of sp³-hybridized carbons (Fsp3) is 0.130. The molecule has 0 fully saturated rings. The molecule has 0 spiro atoms. The molecule has 0 bridgehead atoms. The van der Waals surface area contributed by atoms with Gasteiger partial charge in [0.1, 0.15) is 11.6 Å². The summed E-state index contributed by atoms with van der Waals surface area (Å²) in [5.41, 5.74) is 24.2. The zero-order chi connectivity index (χ0) is 51.1. The van der Waals surface area contributed by atoms with Crippen molar-refractivity contribution in [2.45, 2.75) is 57.8 Å². The van der Waals surface area contributed by atoms with E-state index in [4.69, 9.17) is 9.97 Å². The van der Waals surface area contributed by atoms with Crippen molar-refractivity contribution in [3.8, 4) is 33.4 Å². The molecule has 4 heterocycles. The highest BCUT2D eigenvalue weighted by molar-refractivity contribution is 5.90. The van der Waals surface area contributed by atoms with Gasteiger partial charge in [0.25, 0.3) is 0 Å². The molecule has 6 nitrogen and oxygen atoms in total. The molecule has 75 heavy (non-hydrogen) atoms. The Hall–Kier alpha value is -9.00. The molecule has 6 aromatic carbocycles. The maximum atomic E-state index is 4.74. The molecule has 13 rings (SSSR count). The van der Waals surface area contributed by atoms with Crippen molar-refractivity contribution in [1.29, 1.82) is 0 Å². The predicted octanol–water partition coefficient (Wildman–Crippen LogP) is 17.5. The van der Waals surface area contributed by atoms with Crippen LogP contribution in [0.4, 0.5) is 34.4 Å². The van der Waals surface area contributed by atoms with Crippen LogP contribution in [0.1, 0.15) is 97.2 Å². The number of hydrogen-bond acceptors (Lipinski definition) is 6. The van der Waals surface area contributed by atoms with Crippen LogP contribution in [0.25, 0.3) is 57.7 Å². The molecule has 0 atom stereocenters. The van der Waals surface area contributed by atoms with Gasteiger partial charge in [0.15, 0.2) is 0 Å². The number of nitrogens with zero attached hydrogens (tertiary/aromatic N) is 6. The highest BCUT2D eigenvalue weighted by Gasteiger charge is 2.39. The molecule has 362 valence electrons. The van der Waals surface area contributed by atoms with Crippen LogP contribution >= 0.6 is 0 Å². The third kappa shape index (κ3) is 7.70. The van der Waals surface area contributed by atoms with Gasteiger partial charge in [-0.15, -0.1) is 0 Å². The first-order chi connectivity index (χ1) is 36.4. The largest absolute Gasteiger partial charge is 0.295 e. The molecular weight excluding hydrogens is 913 g/mol. The van der Waals surface area contributed by atoms with E-state index in [-0.39, 0.29) is 16.2 Å². The number of fused-ring (bicyclic) bond motifs is 9. The fourth-order valence-electron chi connectivity index (χ4n) is 12.1. The fourth-order valence-corrected chi connectivity index (χ4v) is 12.1. The van der Waals surface area contributed by atoms with Crippen LogP contribution in [0.15, 0.2) is 207 Å². The second kappa shape index (κ2) is 17.6. The van der Waals surface area contributed by atoms with E-state index in [1.165, 1.54) is 89.0 Å². The molecule has 0 N–H and O–H groups in total. The average Bonchev–Trinajstić information content (AvgIpc) is 4.05. The Labute approximate surface area is 440 Å². The first kappa shape index (κ1) is 45.8. The average molecular weight is 969 g/mol. The molecule has 0 saturated carbocycles. The minimum Gasteiger partial charge on any atom is -0.295 e. The molecule has 10 aromatic rings. The Morgan fingerprint density at radius 3 is 0.880 bits per heavy atom. The third-order valence-electron chi connectivity index (χ3n) is 16.1. The molecule has 0 saturated heterocycles. The number of hydrogen-bond donors (Lipinski definition) is 0. The van der Waals surface area contributed by atoms with Crippen LogP contribution in [-0.4, -0.2) is 19.9 Å². The molecule has 0 unspecified atom stereocenters. The van der Waals surface area contributed by atoms with E-state index in [9.17, 15) is 0 Å². The SMILES string of the molecule is CC1(C)c2cc(C=Cc3ccc4c(c3)C(C)(C)c3cc(N(c5ccncc5)c5ccccn5)ccc3-4)ccc2-c2ccc(C=Cc3ccc4c(c3)C(C)(C)c3cc(N(c5ccncc5)c5ccccn5)ccc3-4)cc21. The summed E-state index contributed by atoms with van der Waals surface area (Å²) in [4.78, 5) is 22.5. The van der Waals surface area contributed by atoms with Crippen LogP contribution in [-0.2, 0) is 16.2 Å². The van der Waals surface area contributed by atoms with Crippen LogP contribution < -0.4 is 9.80 Å². The van der Waals surface area contributed by atoms with Crippen molar-refractivity contribution in [1.82, 2.24) is 19.9 Å². The second-order valence-corrected chi connectivity index (χ2v) is 21.7. The standard InChI is InChI=1S/C69H56N6/c1-67(2)59-39-45(13-15-47-19-25-55-57-27-21-51(43-63(57)68(3,4)61(55)41-47)74(49-29-35-70-36-30-49)65-11-7-9-33-72-65)17-23-53(59)54-24-18-46(40-60(54)67)14-16-48-20-26-56-58-28-22-52(44-64(58)69(5,6)62(56)42-48)75(50-31-37-71-38-32-50)66-12-8-10-34-73-66/h7-44H,1-6H3. The van der Waals surface area contributed by atoms with E-state index in [0.717, 1.165) is 34.4 Å². The summed E-state index contributed by atoms with van der Waals surface area (Å²) in [6.07, 6.45) is 20.1. The van der Waals surface area contributed by atoms with Gasteiger partial charge >= 0.3 is 0 Å². The number of rotatable bonds is 10. The minimum absolute atomic E-state index is 0.157. The summed E-state index contributed by atoms with van der Waals surface area (Å²) in [5.74, 6) is 1.73. The van der Waals surface area contributed by atoms with E-state index in [0.29, 0.717) is 0 Å². The van der Waals surface area contributed by atoms with Crippen molar-refractivity contribution in [2.75, 3.05) is 9.80 Å². The first-order valence-corrected chi connectivity index (χ1v) is 25.9. The van der Waals surface area contributed by atoms with Crippen molar-refractivity contribution < 1.29 is 0 Å². The predicted molar refractivity (Wildman–Crippen MR) is 310 cm³/mol. The van der Waals surface area contributed by atoms with Crippen LogP contribution in [0.2, 0.25) is 0 Å². The Morgan fingerprint density at radius 2 is 0.587 bits per heavy atom. The Balaban J connectivity index is 0.731. The second-order valence-electron chi connectivity index (χ2n) is 21.7. The van der Waals surface area contributed by atoms with Gasteiger partial charge in [-0.05, 0) is 162 Å². The number of aromatic nitrogens is 4. The minimum atomic E-state index is -0.196. The molecule has 4 aromatic heterocycles. The Kier molecular flexibility index (Phi) is 10.8. The number of pyridine rings is 4. The molecule has 6 heteroatoms. The Bertz CT molecular complexity index is 3580. The van der Waals surface area contributed by atoms with E-state index < -0.39 is 0 Å². The summed E-state index contributed by atoms with van der Waals surface area (Å²) in [6.45, 7) is 14.1. The molecule has 0 amide bonds. The molecule has 0 radical (unpaired) electrons. The monoisotopic (exact) mass is 968 g/mol. The first-order valence-electron chi connectivity index (χ1n) is 25.9. The lowest BCUT2D eigenvalue weighted by atomic mass is 9.81. The normalized spacial score (nSPS) is 14.7. The van der Waals surface area contributed by atoms with E-state index in [2.05, 4.69) is 207 Å². The summed E-state index contributed by atoms with van der Waals surface area (Å²) in [6, 6.07) is 61.8. The van der Waals surface area contributed by atoms with Crippen LogP contribution in [0, 0.1) is 0 Å². The van der Waals surface area contributed by atoms with Crippen molar-refractivity contribution in [3.63, 3.8) is 0 Å². The Morgan fingerprint density at radius 1 is 0.293 bits per heavy atom. The van der Waals surface area contributed by atoms with Crippen molar-refractivity contribution >= 4 is 58.7 Å². The number of anilines is 6. The lowest BCUT2D eigenvalue weighted by molar-refractivity contribution is 0.660. The van der Waals surface area contributed by atoms with Crippen molar-refractivity contribution in [2.24, 2.45) is 0 Å². The topological polar surface area (TPSA) is 58.0 Å². The zero-order valence-corrected chi connectivity index (χ0v) is 43.1. The molecule has 3 aliphatic rings. The van der Waals surface area contributed by atoms with Crippen molar-refractivity contribution in [3.05, 3.63) is 263 Å². The highest BCUT2D eigenvalue weighted by atomic mass is 15.2. The van der Waals surface area contributed by atoms with Gasteiger partial charge in [0.05, 0.1) is 11.4 Å². The van der Waals surface area contributed by atoms with E-state index in [1.54, 1.807) is 0 Å². The van der Waals surface area contributed by atoms with E-state index >= 15 is 0 Å². The lowest BCUT2D eigenvalue weighted by Crippen LogP contribution is -2.17. The van der Waals surface area contributed by atoms with Gasteiger partial charge in [-0.1, -0.05) is 163 Å². The maximum Gasteiger partial charge on any atom is 0.137 e. The quantitative estimate of drug-likeness (QED) is 0.127. The van der Waals surface area contributed by atoms with Gasteiger partial charge < -0.3 is 0 Å². The molecule has 3 aliphatic carbocycles. The molecule has 0 aliphatic heterocycles. The van der Waals surface area contributed by atoms with Gasteiger partial charge in [-0.3, -0.25) is 19.8 Å².